The number of ketones is 1. The molecule has 0 aliphatic heterocycles. The number of aryl methyl sites for hydroxylation is 2. The number of hydrogen-bond donors (Lipinski definition) is 0. The smallest absolute Gasteiger partial charge is 0.165 e. The Morgan fingerprint density at radius 2 is 1.85 bits per heavy atom. The second kappa shape index (κ2) is 4.34. The van der Waals surface area contributed by atoms with Crippen LogP contribution in [0, 0.1) is 19.3 Å². The van der Waals surface area contributed by atoms with Crippen molar-refractivity contribution < 1.29 is 4.79 Å². The summed E-state index contributed by atoms with van der Waals surface area (Å²) in [7, 11) is 0. The van der Waals surface area contributed by atoms with E-state index in [0.29, 0.717) is 6.42 Å². The van der Waals surface area contributed by atoms with Gasteiger partial charge in [-0.05, 0) is 43.4 Å². The second-order valence-corrected chi connectivity index (χ2v) is 6.78. The average molecular weight is 267 g/mol. The Balaban J connectivity index is 2.16. The van der Waals surface area contributed by atoms with E-state index in [1.165, 1.54) is 22.5 Å². The summed E-state index contributed by atoms with van der Waals surface area (Å²) in [6.07, 6.45) is 3.65. The van der Waals surface area contributed by atoms with Gasteiger partial charge in [-0.25, -0.2) is 0 Å². The van der Waals surface area contributed by atoms with Crippen LogP contribution in [0.4, 0.5) is 0 Å². The summed E-state index contributed by atoms with van der Waals surface area (Å²) >= 11 is 0. The molecule has 1 aliphatic rings. The van der Waals surface area contributed by atoms with Crippen molar-refractivity contribution in [3.63, 3.8) is 0 Å². The van der Waals surface area contributed by atoms with Gasteiger partial charge >= 0.3 is 0 Å². The number of hydrogen-bond acceptors (Lipinski definition) is 1. The maximum atomic E-state index is 12.3. The molecule has 1 aromatic heterocycles. The van der Waals surface area contributed by atoms with Crippen LogP contribution in [0.5, 0.6) is 0 Å². The topological polar surface area (TPSA) is 22.0 Å². The van der Waals surface area contributed by atoms with Crippen molar-refractivity contribution in [3.05, 3.63) is 52.8 Å². The first-order valence-electron chi connectivity index (χ1n) is 7.18. The number of nitrogens with zero attached hydrogens (tertiary/aromatic N) is 1. The summed E-state index contributed by atoms with van der Waals surface area (Å²) < 4.78 is 2.20. The largest absolute Gasteiger partial charge is 0.320 e. The molecule has 1 aromatic carbocycles. The quantitative estimate of drug-likeness (QED) is 0.757. The Kier molecular flexibility index (Phi) is 2.86. The van der Waals surface area contributed by atoms with Gasteiger partial charge in [-0.3, -0.25) is 4.79 Å². The summed E-state index contributed by atoms with van der Waals surface area (Å²) in [5.74, 6) is 0.278. The summed E-state index contributed by atoms with van der Waals surface area (Å²) in [5, 5.41) is 0. The minimum Gasteiger partial charge on any atom is -0.320 e. The third kappa shape index (κ3) is 2.09. The summed E-state index contributed by atoms with van der Waals surface area (Å²) in [4.78, 5) is 12.3. The summed E-state index contributed by atoms with van der Waals surface area (Å²) in [6.45, 7) is 8.58. The van der Waals surface area contributed by atoms with Gasteiger partial charge in [0.05, 0.1) is 0 Å². The molecule has 0 N–H and O–H groups in total. The third-order valence-corrected chi connectivity index (χ3v) is 4.19. The van der Waals surface area contributed by atoms with E-state index in [-0.39, 0.29) is 11.2 Å². The molecule has 3 rings (SSSR count). The van der Waals surface area contributed by atoms with Crippen molar-refractivity contribution in [1.29, 1.82) is 0 Å². The minimum atomic E-state index is 0.0544. The number of aromatic nitrogens is 1. The van der Waals surface area contributed by atoms with Crippen LogP contribution in [0.3, 0.4) is 0 Å². The van der Waals surface area contributed by atoms with E-state index in [1.807, 2.05) is 12.3 Å². The Hall–Kier alpha value is -1.83. The van der Waals surface area contributed by atoms with Crippen LogP contribution in [-0.4, -0.2) is 10.4 Å². The molecule has 0 saturated carbocycles. The van der Waals surface area contributed by atoms with Gasteiger partial charge in [-0.15, -0.1) is 0 Å². The first-order valence-corrected chi connectivity index (χ1v) is 7.18. The SMILES string of the molecule is Cc1ccc(-n2ccc3c2CC(C)(C)CC3=O)c(C)c1. The maximum absolute atomic E-state index is 12.3. The van der Waals surface area contributed by atoms with Crippen LogP contribution >= 0.6 is 0 Å². The van der Waals surface area contributed by atoms with Gasteiger partial charge in [0.15, 0.2) is 5.78 Å². The molecule has 0 saturated heterocycles. The Bertz CT molecular complexity index is 691. The lowest BCUT2D eigenvalue weighted by Crippen LogP contribution is -2.27. The number of rotatable bonds is 1. The number of carbonyl (C=O) groups excluding carboxylic acids is 1. The van der Waals surface area contributed by atoms with Crippen molar-refractivity contribution in [2.45, 2.75) is 40.5 Å². The first-order chi connectivity index (χ1) is 9.37. The molecule has 0 atom stereocenters. The predicted octanol–water partition coefficient (Wildman–Crippen LogP) is 4.25. The first kappa shape index (κ1) is 13.2. The lowest BCUT2D eigenvalue weighted by molar-refractivity contribution is 0.0911. The molecule has 1 heterocycles. The van der Waals surface area contributed by atoms with Crippen molar-refractivity contribution in [1.82, 2.24) is 4.57 Å². The lowest BCUT2D eigenvalue weighted by atomic mass is 9.76. The highest BCUT2D eigenvalue weighted by Gasteiger charge is 2.33. The van der Waals surface area contributed by atoms with E-state index < -0.39 is 0 Å². The van der Waals surface area contributed by atoms with E-state index in [0.717, 1.165) is 12.0 Å². The molecule has 0 fully saturated rings. The molecule has 0 bridgehead atoms. The highest BCUT2D eigenvalue weighted by molar-refractivity contribution is 5.99. The molecule has 2 heteroatoms. The molecular weight excluding hydrogens is 246 g/mol. The molecule has 0 unspecified atom stereocenters. The third-order valence-electron chi connectivity index (χ3n) is 4.19. The van der Waals surface area contributed by atoms with Gasteiger partial charge in [0.2, 0.25) is 0 Å². The van der Waals surface area contributed by atoms with Crippen LogP contribution < -0.4 is 0 Å². The Morgan fingerprint density at radius 3 is 2.55 bits per heavy atom. The van der Waals surface area contributed by atoms with Gasteiger partial charge in [0.25, 0.3) is 0 Å². The van der Waals surface area contributed by atoms with Gasteiger partial charge < -0.3 is 4.57 Å². The maximum Gasteiger partial charge on any atom is 0.165 e. The van der Waals surface area contributed by atoms with E-state index in [1.54, 1.807) is 0 Å². The standard InChI is InChI=1S/C18H21NO/c1-12-5-6-15(13(2)9-12)19-8-7-14-16(19)10-18(3,4)11-17(14)20/h5-9H,10-11H2,1-4H3. The lowest BCUT2D eigenvalue weighted by Gasteiger charge is -2.30. The highest BCUT2D eigenvalue weighted by Crippen LogP contribution is 2.36. The number of carbonyl (C=O) groups is 1. The molecule has 1 aliphatic carbocycles. The van der Waals surface area contributed by atoms with Crippen LogP contribution in [0.25, 0.3) is 5.69 Å². The number of benzene rings is 1. The van der Waals surface area contributed by atoms with Gasteiger partial charge in [-0.2, -0.15) is 0 Å². The van der Waals surface area contributed by atoms with E-state index in [4.69, 9.17) is 0 Å². The molecule has 0 spiro atoms. The fourth-order valence-electron chi connectivity index (χ4n) is 3.25. The van der Waals surface area contributed by atoms with Gasteiger partial charge in [0, 0.05) is 29.6 Å². The van der Waals surface area contributed by atoms with Gasteiger partial charge in [0.1, 0.15) is 0 Å². The average Bonchev–Trinajstić information content (AvgIpc) is 2.71. The van der Waals surface area contributed by atoms with Crippen molar-refractivity contribution in [2.75, 3.05) is 0 Å². The monoisotopic (exact) mass is 267 g/mol. The van der Waals surface area contributed by atoms with Gasteiger partial charge in [-0.1, -0.05) is 31.5 Å². The molecule has 104 valence electrons. The number of fused-ring (bicyclic) bond motifs is 1. The molecular formula is C18H21NO. The zero-order valence-electron chi connectivity index (χ0n) is 12.7. The summed E-state index contributed by atoms with van der Waals surface area (Å²) in [6, 6.07) is 8.45. The molecule has 0 amide bonds. The van der Waals surface area contributed by atoms with E-state index in [2.05, 4.69) is 50.5 Å². The molecule has 2 nitrogen and oxygen atoms in total. The molecule has 20 heavy (non-hydrogen) atoms. The van der Waals surface area contributed by atoms with Crippen LogP contribution in [-0.2, 0) is 6.42 Å². The van der Waals surface area contributed by atoms with Crippen LogP contribution in [0.2, 0.25) is 0 Å². The predicted molar refractivity (Wildman–Crippen MR) is 81.7 cm³/mol. The number of Topliss-reactive ketones (excluding diaryl/α,β-unsaturated/α-hetero) is 1. The Labute approximate surface area is 120 Å². The summed E-state index contributed by atoms with van der Waals surface area (Å²) in [5.41, 5.74) is 5.83. The van der Waals surface area contributed by atoms with Crippen molar-refractivity contribution in [3.8, 4) is 5.69 Å². The van der Waals surface area contributed by atoms with Crippen LogP contribution in [0.15, 0.2) is 30.5 Å². The van der Waals surface area contributed by atoms with Crippen LogP contribution in [0.1, 0.15) is 47.4 Å². The fourth-order valence-corrected chi connectivity index (χ4v) is 3.25. The fraction of sp³-hybridized carbons (Fsp3) is 0.389. The highest BCUT2D eigenvalue weighted by atomic mass is 16.1. The second-order valence-electron chi connectivity index (χ2n) is 6.78. The van der Waals surface area contributed by atoms with Crippen molar-refractivity contribution in [2.24, 2.45) is 5.41 Å². The van der Waals surface area contributed by atoms with E-state index in [9.17, 15) is 4.79 Å². The Morgan fingerprint density at radius 1 is 1.10 bits per heavy atom. The van der Waals surface area contributed by atoms with E-state index >= 15 is 0 Å². The van der Waals surface area contributed by atoms with Crippen molar-refractivity contribution >= 4 is 5.78 Å². The molecule has 2 aromatic rings. The minimum absolute atomic E-state index is 0.0544. The molecule has 0 radical (unpaired) electrons. The normalized spacial score (nSPS) is 17.1. The zero-order chi connectivity index (χ0) is 14.5. The zero-order valence-corrected chi connectivity index (χ0v) is 12.7.